The highest BCUT2D eigenvalue weighted by molar-refractivity contribution is 5.49. The summed E-state index contributed by atoms with van der Waals surface area (Å²) >= 11 is 0. The van der Waals surface area contributed by atoms with Crippen LogP contribution in [0.5, 0.6) is 0 Å². The van der Waals surface area contributed by atoms with Crippen LogP contribution in [0, 0.1) is 0 Å². The molecule has 2 nitrogen and oxygen atoms in total. The zero-order valence-corrected chi connectivity index (χ0v) is 14.0. The smallest absolute Gasteiger partial charge is 0.119 e. The second-order valence-corrected chi connectivity index (χ2v) is 6.21. The Hall–Kier alpha value is -0.660. The SMILES string of the molecule is O=CCCCCCCCCCCCCCCCCCC=O. The molecule has 0 fully saturated rings. The minimum atomic E-state index is 0.747. The number of unbranched alkanes of at least 4 members (excludes halogenated alkanes) is 16. The highest BCUT2D eigenvalue weighted by atomic mass is 16.1. The standard InChI is InChI=1S/C19H36O2/c20-18-16-14-12-10-8-6-4-2-1-3-5-7-9-11-13-15-17-19-21/h18-19H,1-17H2. The van der Waals surface area contributed by atoms with Crippen LogP contribution in [-0.4, -0.2) is 12.6 Å². The monoisotopic (exact) mass is 296 g/mol. The normalized spacial score (nSPS) is 10.7. The van der Waals surface area contributed by atoms with E-state index in [2.05, 4.69) is 0 Å². The molecule has 124 valence electrons. The Labute approximate surface area is 132 Å². The second-order valence-electron chi connectivity index (χ2n) is 6.21. The lowest BCUT2D eigenvalue weighted by atomic mass is 10.0. The van der Waals surface area contributed by atoms with Gasteiger partial charge in [0.2, 0.25) is 0 Å². The first-order chi connectivity index (χ1) is 10.4. The average Bonchev–Trinajstić information content (AvgIpc) is 2.50. The molecule has 0 aliphatic rings. The lowest BCUT2D eigenvalue weighted by molar-refractivity contribution is -0.108. The van der Waals surface area contributed by atoms with E-state index in [-0.39, 0.29) is 0 Å². The molecule has 0 aromatic heterocycles. The molecular formula is C19H36O2. The fraction of sp³-hybridized carbons (Fsp3) is 0.895. The van der Waals surface area contributed by atoms with Crippen molar-refractivity contribution >= 4 is 12.6 Å². The quantitative estimate of drug-likeness (QED) is 0.229. The van der Waals surface area contributed by atoms with Gasteiger partial charge < -0.3 is 9.59 Å². The van der Waals surface area contributed by atoms with Gasteiger partial charge in [0.05, 0.1) is 0 Å². The second kappa shape index (κ2) is 19.3. The molecule has 2 heteroatoms. The Morgan fingerprint density at radius 3 is 0.714 bits per heavy atom. The molecule has 0 amide bonds. The molecule has 0 aromatic rings. The minimum absolute atomic E-state index is 0.747. The van der Waals surface area contributed by atoms with Gasteiger partial charge in [0.15, 0.2) is 0 Å². The summed E-state index contributed by atoms with van der Waals surface area (Å²) in [6.07, 6.45) is 23.2. The molecule has 0 unspecified atom stereocenters. The lowest BCUT2D eigenvalue weighted by Gasteiger charge is -2.03. The van der Waals surface area contributed by atoms with Gasteiger partial charge in [0, 0.05) is 12.8 Å². The van der Waals surface area contributed by atoms with Crippen LogP contribution in [0.2, 0.25) is 0 Å². The molecule has 0 bridgehead atoms. The summed E-state index contributed by atoms with van der Waals surface area (Å²) in [5, 5.41) is 0. The van der Waals surface area contributed by atoms with Crippen molar-refractivity contribution in [3.63, 3.8) is 0 Å². The maximum atomic E-state index is 10.2. The van der Waals surface area contributed by atoms with E-state index in [1.54, 1.807) is 0 Å². The van der Waals surface area contributed by atoms with E-state index in [4.69, 9.17) is 0 Å². The maximum absolute atomic E-state index is 10.2. The summed E-state index contributed by atoms with van der Waals surface area (Å²) < 4.78 is 0. The molecular weight excluding hydrogens is 260 g/mol. The third-order valence-corrected chi connectivity index (χ3v) is 4.14. The predicted octanol–water partition coefficient (Wildman–Crippen LogP) is 6.02. The van der Waals surface area contributed by atoms with Crippen molar-refractivity contribution in [2.75, 3.05) is 0 Å². The van der Waals surface area contributed by atoms with E-state index < -0.39 is 0 Å². The van der Waals surface area contributed by atoms with Crippen LogP contribution < -0.4 is 0 Å². The molecule has 0 saturated carbocycles. The van der Waals surface area contributed by atoms with E-state index in [0.29, 0.717) is 0 Å². The fourth-order valence-electron chi connectivity index (χ4n) is 2.75. The molecule has 0 spiro atoms. The zero-order valence-electron chi connectivity index (χ0n) is 14.0. The van der Waals surface area contributed by atoms with Gasteiger partial charge in [-0.3, -0.25) is 0 Å². The topological polar surface area (TPSA) is 34.1 Å². The number of carbonyl (C=O) groups excluding carboxylic acids is 2. The van der Waals surface area contributed by atoms with Gasteiger partial charge in [-0.2, -0.15) is 0 Å². The van der Waals surface area contributed by atoms with Crippen LogP contribution in [0.4, 0.5) is 0 Å². The molecule has 0 aliphatic carbocycles. The summed E-state index contributed by atoms with van der Waals surface area (Å²) in [6.45, 7) is 0. The van der Waals surface area contributed by atoms with Crippen molar-refractivity contribution in [3.05, 3.63) is 0 Å². The molecule has 0 atom stereocenters. The first-order valence-corrected chi connectivity index (χ1v) is 9.29. The van der Waals surface area contributed by atoms with Crippen LogP contribution in [0.25, 0.3) is 0 Å². The first-order valence-electron chi connectivity index (χ1n) is 9.29. The average molecular weight is 296 g/mol. The van der Waals surface area contributed by atoms with Gasteiger partial charge >= 0.3 is 0 Å². The predicted molar refractivity (Wildman–Crippen MR) is 90.6 cm³/mol. The lowest BCUT2D eigenvalue weighted by Crippen LogP contribution is -1.84. The van der Waals surface area contributed by atoms with Crippen molar-refractivity contribution in [1.82, 2.24) is 0 Å². The van der Waals surface area contributed by atoms with Crippen molar-refractivity contribution in [3.8, 4) is 0 Å². The van der Waals surface area contributed by atoms with Gasteiger partial charge in [0.25, 0.3) is 0 Å². The fourth-order valence-corrected chi connectivity index (χ4v) is 2.75. The van der Waals surface area contributed by atoms with Gasteiger partial charge in [-0.15, -0.1) is 0 Å². The molecule has 0 aliphatic heterocycles. The summed E-state index contributed by atoms with van der Waals surface area (Å²) in [5.41, 5.74) is 0. The molecule has 0 rings (SSSR count). The van der Waals surface area contributed by atoms with Crippen molar-refractivity contribution < 1.29 is 9.59 Å². The molecule has 21 heavy (non-hydrogen) atoms. The highest BCUT2D eigenvalue weighted by Crippen LogP contribution is 2.13. The summed E-state index contributed by atoms with van der Waals surface area (Å²) in [6, 6.07) is 0. The van der Waals surface area contributed by atoms with Gasteiger partial charge in [-0.05, 0) is 12.8 Å². The number of hydrogen-bond donors (Lipinski definition) is 0. The van der Waals surface area contributed by atoms with Gasteiger partial charge in [-0.25, -0.2) is 0 Å². The van der Waals surface area contributed by atoms with Crippen LogP contribution >= 0.6 is 0 Å². The van der Waals surface area contributed by atoms with Crippen molar-refractivity contribution in [2.45, 2.75) is 109 Å². The van der Waals surface area contributed by atoms with Crippen LogP contribution in [0.3, 0.4) is 0 Å². The molecule has 0 heterocycles. The largest absolute Gasteiger partial charge is 0.303 e. The molecule has 0 radical (unpaired) electrons. The third-order valence-electron chi connectivity index (χ3n) is 4.14. The zero-order chi connectivity index (χ0) is 15.4. The Morgan fingerprint density at radius 2 is 0.524 bits per heavy atom. The van der Waals surface area contributed by atoms with Crippen molar-refractivity contribution in [1.29, 1.82) is 0 Å². The van der Waals surface area contributed by atoms with E-state index in [1.165, 1.54) is 83.5 Å². The van der Waals surface area contributed by atoms with Crippen LogP contribution in [0.15, 0.2) is 0 Å². The summed E-state index contributed by atoms with van der Waals surface area (Å²) in [5.74, 6) is 0. The Morgan fingerprint density at radius 1 is 0.333 bits per heavy atom. The Balaban J connectivity index is 2.93. The first kappa shape index (κ1) is 20.3. The minimum Gasteiger partial charge on any atom is -0.303 e. The number of rotatable bonds is 18. The Kier molecular flexibility index (Phi) is 18.7. The highest BCUT2D eigenvalue weighted by Gasteiger charge is 1.94. The molecule has 0 saturated heterocycles. The van der Waals surface area contributed by atoms with Gasteiger partial charge in [0.1, 0.15) is 12.6 Å². The Bertz CT molecular complexity index is 192. The van der Waals surface area contributed by atoms with E-state index in [1.807, 2.05) is 0 Å². The van der Waals surface area contributed by atoms with Crippen LogP contribution in [-0.2, 0) is 9.59 Å². The third kappa shape index (κ3) is 19.3. The van der Waals surface area contributed by atoms with Crippen LogP contribution in [0.1, 0.15) is 109 Å². The van der Waals surface area contributed by atoms with Gasteiger partial charge in [-0.1, -0.05) is 83.5 Å². The number of carbonyl (C=O) groups is 2. The number of hydrogen-bond acceptors (Lipinski definition) is 2. The van der Waals surface area contributed by atoms with Crippen molar-refractivity contribution in [2.24, 2.45) is 0 Å². The molecule has 0 aromatic carbocycles. The van der Waals surface area contributed by atoms with E-state index >= 15 is 0 Å². The summed E-state index contributed by atoms with van der Waals surface area (Å²) in [7, 11) is 0. The molecule has 0 N–H and O–H groups in total. The van der Waals surface area contributed by atoms with E-state index in [0.717, 1.165) is 38.3 Å². The summed E-state index contributed by atoms with van der Waals surface area (Å²) in [4.78, 5) is 20.3. The maximum Gasteiger partial charge on any atom is 0.119 e. The van der Waals surface area contributed by atoms with E-state index in [9.17, 15) is 9.59 Å². The number of aldehydes is 2.